The lowest BCUT2D eigenvalue weighted by Gasteiger charge is -2.21. The SMILES string of the molecule is CCNC(=NCC(C)(O)c1cccs1)NCC(C)Cn1nc(C)cc1C. The minimum absolute atomic E-state index is 0.314. The van der Waals surface area contributed by atoms with Crippen LogP contribution in [0.2, 0.25) is 0 Å². The van der Waals surface area contributed by atoms with Gasteiger partial charge >= 0.3 is 0 Å². The number of aliphatic hydroxyl groups is 1. The molecule has 2 aromatic heterocycles. The number of thiophene rings is 1. The molecule has 0 bridgehead atoms. The Hall–Kier alpha value is -1.86. The highest BCUT2D eigenvalue weighted by Crippen LogP contribution is 2.25. The first kappa shape index (κ1) is 20.5. The van der Waals surface area contributed by atoms with Crippen molar-refractivity contribution >= 4 is 17.3 Å². The van der Waals surface area contributed by atoms with E-state index in [0.717, 1.165) is 36.2 Å². The van der Waals surface area contributed by atoms with E-state index < -0.39 is 5.60 Å². The van der Waals surface area contributed by atoms with Crippen molar-refractivity contribution in [2.75, 3.05) is 19.6 Å². The number of nitrogens with zero attached hydrogens (tertiary/aromatic N) is 3. The Bertz CT molecular complexity index is 706. The normalized spacial score (nSPS) is 15.5. The van der Waals surface area contributed by atoms with Crippen LogP contribution < -0.4 is 10.6 Å². The largest absolute Gasteiger partial charge is 0.383 e. The van der Waals surface area contributed by atoms with Crippen LogP contribution in [0.15, 0.2) is 28.6 Å². The minimum atomic E-state index is -0.953. The molecule has 0 saturated carbocycles. The third kappa shape index (κ3) is 5.85. The molecule has 26 heavy (non-hydrogen) atoms. The van der Waals surface area contributed by atoms with Crippen LogP contribution in [0, 0.1) is 19.8 Å². The summed E-state index contributed by atoms with van der Waals surface area (Å²) in [7, 11) is 0. The van der Waals surface area contributed by atoms with E-state index in [1.165, 1.54) is 5.69 Å². The lowest BCUT2D eigenvalue weighted by molar-refractivity contribution is 0.0711. The van der Waals surface area contributed by atoms with Crippen LogP contribution in [0.25, 0.3) is 0 Å². The van der Waals surface area contributed by atoms with E-state index in [0.29, 0.717) is 12.5 Å². The van der Waals surface area contributed by atoms with Crippen molar-refractivity contribution in [1.82, 2.24) is 20.4 Å². The Morgan fingerprint density at radius 1 is 1.42 bits per heavy atom. The second-order valence-corrected chi connectivity index (χ2v) is 7.99. The summed E-state index contributed by atoms with van der Waals surface area (Å²) in [5, 5.41) is 23.7. The lowest BCUT2D eigenvalue weighted by Crippen LogP contribution is -2.41. The zero-order valence-corrected chi connectivity index (χ0v) is 17.2. The van der Waals surface area contributed by atoms with Gasteiger partial charge in [0.25, 0.3) is 0 Å². The maximum atomic E-state index is 10.6. The summed E-state index contributed by atoms with van der Waals surface area (Å²) in [5.41, 5.74) is 1.28. The van der Waals surface area contributed by atoms with Gasteiger partial charge in [-0.15, -0.1) is 11.3 Å². The van der Waals surface area contributed by atoms with Crippen LogP contribution >= 0.6 is 11.3 Å². The molecule has 0 amide bonds. The average Bonchev–Trinajstić information content (AvgIpc) is 3.21. The quantitative estimate of drug-likeness (QED) is 0.488. The number of aromatic nitrogens is 2. The molecule has 0 saturated heterocycles. The number of aryl methyl sites for hydroxylation is 2. The lowest BCUT2D eigenvalue weighted by atomic mass is 10.1. The molecular formula is C19H31N5OS. The fourth-order valence-corrected chi connectivity index (χ4v) is 3.51. The summed E-state index contributed by atoms with van der Waals surface area (Å²) < 4.78 is 2.05. The van der Waals surface area contributed by atoms with Crippen LogP contribution in [0.1, 0.15) is 37.0 Å². The second-order valence-electron chi connectivity index (χ2n) is 7.04. The van der Waals surface area contributed by atoms with E-state index in [1.807, 2.05) is 36.0 Å². The van der Waals surface area contributed by atoms with Crippen molar-refractivity contribution in [3.63, 3.8) is 0 Å². The molecule has 6 nitrogen and oxygen atoms in total. The molecule has 2 rings (SSSR count). The van der Waals surface area contributed by atoms with Crippen molar-refractivity contribution in [2.45, 2.75) is 46.8 Å². The Labute approximate surface area is 160 Å². The van der Waals surface area contributed by atoms with E-state index in [9.17, 15) is 5.11 Å². The number of rotatable bonds is 8. The molecule has 2 heterocycles. The van der Waals surface area contributed by atoms with Gasteiger partial charge in [0.15, 0.2) is 5.96 Å². The first-order valence-corrected chi connectivity index (χ1v) is 9.99. The maximum absolute atomic E-state index is 10.6. The molecule has 0 radical (unpaired) electrons. The predicted molar refractivity (Wildman–Crippen MR) is 109 cm³/mol. The van der Waals surface area contributed by atoms with Gasteiger partial charge < -0.3 is 15.7 Å². The van der Waals surface area contributed by atoms with Gasteiger partial charge in [-0.1, -0.05) is 13.0 Å². The molecule has 2 unspecified atom stereocenters. The van der Waals surface area contributed by atoms with E-state index in [2.05, 4.69) is 40.6 Å². The van der Waals surface area contributed by atoms with Gasteiger partial charge in [0.1, 0.15) is 5.60 Å². The molecule has 3 N–H and O–H groups in total. The second kappa shape index (κ2) is 9.19. The van der Waals surface area contributed by atoms with E-state index in [1.54, 1.807) is 18.3 Å². The highest BCUT2D eigenvalue weighted by atomic mass is 32.1. The Morgan fingerprint density at radius 3 is 2.77 bits per heavy atom. The molecule has 0 aliphatic rings. The topological polar surface area (TPSA) is 74.5 Å². The summed E-state index contributed by atoms with van der Waals surface area (Å²) >= 11 is 1.55. The molecule has 0 aliphatic heterocycles. The molecule has 0 fully saturated rings. The summed E-state index contributed by atoms with van der Waals surface area (Å²) in [6.45, 7) is 12.9. The number of guanidine groups is 1. The van der Waals surface area contributed by atoms with Gasteiger partial charge in [-0.05, 0) is 51.1 Å². The van der Waals surface area contributed by atoms with Crippen molar-refractivity contribution in [1.29, 1.82) is 0 Å². The molecule has 0 aromatic carbocycles. The third-order valence-corrected chi connectivity index (χ3v) is 5.27. The summed E-state index contributed by atoms with van der Waals surface area (Å²) in [6, 6.07) is 5.98. The van der Waals surface area contributed by atoms with Crippen LogP contribution in [-0.4, -0.2) is 40.5 Å². The Morgan fingerprint density at radius 2 is 2.19 bits per heavy atom. The summed E-state index contributed by atoms with van der Waals surface area (Å²) in [5.74, 6) is 1.12. The van der Waals surface area contributed by atoms with E-state index >= 15 is 0 Å². The van der Waals surface area contributed by atoms with Crippen LogP contribution in [-0.2, 0) is 12.1 Å². The van der Waals surface area contributed by atoms with Gasteiger partial charge in [-0.25, -0.2) is 4.99 Å². The average molecular weight is 378 g/mol. The standard InChI is InChI=1S/C19H31N5OS/c1-6-20-18(22-13-19(5,25)17-8-7-9-26-17)21-11-14(2)12-24-16(4)10-15(3)23-24/h7-10,14,25H,6,11-13H2,1-5H3,(H2,20,21,22). The maximum Gasteiger partial charge on any atom is 0.191 e. The number of aliphatic imine (C=N–C) groups is 1. The van der Waals surface area contributed by atoms with Crippen molar-refractivity contribution in [3.05, 3.63) is 39.8 Å². The first-order chi connectivity index (χ1) is 12.3. The molecule has 0 aliphatic carbocycles. The molecule has 0 spiro atoms. The highest BCUT2D eigenvalue weighted by Gasteiger charge is 2.24. The van der Waals surface area contributed by atoms with Crippen LogP contribution in [0.4, 0.5) is 0 Å². The van der Waals surface area contributed by atoms with Crippen molar-refractivity contribution in [2.24, 2.45) is 10.9 Å². The van der Waals surface area contributed by atoms with Crippen LogP contribution in [0.3, 0.4) is 0 Å². The third-order valence-electron chi connectivity index (χ3n) is 4.15. The van der Waals surface area contributed by atoms with Gasteiger partial charge in [0, 0.05) is 30.2 Å². The van der Waals surface area contributed by atoms with Crippen LogP contribution in [0.5, 0.6) is 0 Å². The fourth-order valence-electron chi connectivity index (χ4n) is 2.73. The fraction of sp³-hybridized carbons (Fsp3) is 0.579. The number of nitrogens with one attached hydrogen (secondary N) is 2. The van der Waals surface area contributed by atoms with Gasteiger partial charge in [0.2, 0.25) is 0 Å². The number of hydrogen-bond acceptors (Lipinski definition) is 4. The molecule has 2 aromatic rings. The Balaban J connectivity index is 1.91. The Kier molecular flexibility index (Phi) is 7.23. The van der Waals surface area contributed by atoms with Gasteiger partial charge in [0.05, 0.1) is 12.2 Å². The predicted octanol–water partition coefficient (Wildman–Crippen LogP) is 2.66. The molecule has 7 heteroatoms. The summed E-state index contributed by atoms with van der Waals surface area (Å²) in [4.78, 5) is 5.50. The monoisotopic (exact) mass is 377 g/mol. The number of hydrogen-bond donors (Lipinski definition) is 3. The molecular weight excluding hydrogens is 346 g/mol. The molecule has 2 atom stereocenters. The molecule has 144 valence electrons. The highest BCUT2D eigenvalue weighted by molar-refractivity contribution is 7.10. The van der Waals surface area contributed by atoms with Crippen molar-refractivity contribution < 1.29 is 5.11 Å². The smallest absolute Gasteiger partial charge is 0.191 e. The van der Waals surface area contributed by atoms with E-state index in [4.69, 9.17) is 0 Å². The van der Waals surface area contributed by atoms with Gasteiger partial charge in [-0.2, -0.15) is 5.10 Å². The zero-order valence-electron chi connectivity index (χ0n) is 16.4. The van der Waals surface area contributed by atoms with E-state index in [-0.39, 0.29) is 0 Å². The summed E-state index contributed by atoms with van der Waals surface area (Å²) in [6.07, 6.45) is 0. The van der Waals surface area contributed by atoms with Gasteiger partial charge in [-0.3, -0.25) is 4.68 Å². The first-order valence-electron chi connectivity index (χ1n) is 9.11. The minimum Gasteiger partial charge on any atom is -0.383 e. The van der Waals surface area contributed by atoms with Crippen molar-refractivity contribution in [3.8, 4) is 0 Å². The zero-order chi connectivity index (χ0) is 19.2.